The molecule has 3 aromatic rings. The first-order valence-electron chi connectivity index (χ1n) is 5.68. The quantitative estimate of drug-likeness (QED) is 0.642. The van der Waals surface area contributed by atoms with Gasteiger partial charge in [0.05, 0.1) is 11.1 Å². The Morgan fingerprint density at radius 2 is 1.84 bits per heavy atom. The molecular weight excluding hydrogens is 280 g/mol. The SMILES string of the molecule is O=C(c1ccco1)c1ccc(-c2ccc(Cl)cc2)s1. The normalized spacial score (nSPS) is 10.6. The molecule has 1 aromatic carbocycles. The molecule has 0 amide bonds. The van der Waals surface area contributed by atoms with Gasteiger partial charge in [0, 0.05) is 9.90 Å². The van der Waals surface area contributed by atoms with Crippen molar-refractivity contribution < 1.29 is 9.21 Å². The average molecular weight is 289 g/mol. The molecule has 0 unspecified atom stereocenters. The first-order valence-corrected chi connectivity index (χ1v) is 6.87. The predicted octanol–water partition coefficient (Wildman–Crippen LogP) is 4.89. The highest BCUT2D eigenvalue weighted by molar-refractivity contribution is 7.17. The minimum absolute atomic E-state index is 0.0878. The summed E-state index contributed by atoms with van der Waals surface area (Å²) < 4.78 is 5.12. The van der Waals surface area contributed by atoms with E-state index < -0.39 is 0 Å². The van der Waals surface area contributed by atoms with Crippen molar-refractivity contribution in [2.45, 2.75) is 0 Å². The van der Waals surface area contributed by atoms with Gasteiger partial charge in [0.15, 0.2) is 5.76 Å². The Bertz CT molecular complexity index is 696. The fourth-order valence-corrected chi connectivity index (χ4v) is 2.84. The number of hydrogen-bond donors (Lipinski definition) is 0. The molecule has 0 aliphatic carbocycles. The molecule has 0 bridgehead atoms. The van der Waals surface area contributed by atoms with Crippen LogP contribution in [0.2, 0.25) is 5.02 Å². The Kier molecular flexibility index (Phi) is 3.23. The number of ketones is 1. The van der Waals surface area contributed by atoms with Crippen molar-refractivity contribution in [3.63, 3.8) is 0 Å². The fraction of sp³-hybridized carbons (Fsp3) is 0. The third-order valence-electron chi connectivity index (χ3n) is 2.70. The smallest absolute Gasteiger partial charge is 0.238 e. The summed E-state index contributed by atoms with van der Waals surface area (Å²) in [4.78, 5) is 13.8. The molecule has 0 spiro atoms. The van der Waals surface area contributed by atoms with Gasteiger partial charge in [-0.3, -0.25) is 4.79 Å². The average Bonchev–Trinajstić information content (AvgIpc) is 3.10. The molecule has 19 heavy (non-hydrogen) atoms. The van der Waals surface area contributed by atoms with E-state index in [1.807, 2.05) is 36.4 Å². The van der Waals surface area contributed by atoms with Crippen LogP contribution in [0.15, 0.2) is 59.2 Å². The van der Waals surface area contributed by atoms with Gasteiger partial charge >= 0.3 is 0 Å². The van der Waals surface area contributed by atoms with Crippen molar-refractivity contribution in [1.29, 1.82) is 0 Å². The Hall–Kier alpha value is -1.84. The number of carbonyl (C=O) groups is 1. The zero-order valence-electron chi connectivity index (χ0n) is 9.80. The van der Waals surface area contributed by atoms with E-state index in [1.165, 1.54) is 17.6 Å². The first kappa shape index (κ1) is 12.2. The molecule has 3 rings (SSSR count). The van der Waals surface area contributed by atoms with Gasteiger partial charge in [-0.1, -0.05) is 23.7 Å². The van der Waals surface area contributed by atoms with E-state index in [0.29, 0.717) is 15.7 Å². The Morgan fingerprint density at radius 1 is 1.05 bits per heavy atom. The minimum Gasteiger partial charge on any atom is -0.461 e. The monoisotopic (exact) mass is 288 g/mol. The molecule has 0 atom stereocenters. The Labute approximate surface area is 119 Å². The molecule has 2 aromatic heterocycles. The van der Waals surface area contributed by atoms with E-state index in [9.17, 15) is 4.79 Å². The molecule has 2 nitrogen and oxygen atoms in total. The Morgan fingerprint density at radius 3 is 2.53 bits per heavy atom. The van der Waals surface area contributed by atoms with Gasteiger partial charge < -0.3 is 4.42 Å². The minimum atomic E-state index is -0.0878. The van der Waals surface area contributed by atoms with E-state index >= 15 is 0 Å². The van der Waals surface area contributed by atoms with Gasteiger partial charge in [0.2, 0.25) is 5.78 Å². The molecule has 94 valence electrons. The van der Waals surface area contributed by atoms with Crippen LogP contribution in [0.5, 0.6) is 0 Å². The molecule has 2 heterocycles. The standard InChI is InChI=1S/C15H9ClO2S/c16-11-5-3-10(4-6-11)13-7-8-14(19-13)15(17)12-2-1-9-18-12/h1-9H. The molecule has 0 saturated heterocycles. The molecule has 0 radical (unpaired) electrons. The van der Waals surface area contributed by atoms with Crippen LogP contribution in [0, 0.1) is 0 Å². The van der Waals surface area contributed by atoms with Crippen molar-refractivity contribution in [3.05, 3.63) is 70.5 Å². The van der Waals surface area contributed by atoms with Crippen LogP contribution >= 0.6 is 22.9 Å². The van der Waals surface area contributed by atoms with E-state index in [-0.39, 0.29) is 5.78 Å². The third kappa shape index (κ3) is 2.48. The maximum atomic E-state index is 12.1. The Balaban J connectivity index is 1.91. The van der Waals surface area contributed by atoms with Crippen LogP contribution in [0.4, 0.5) is 0 Å². The first-order chi connectivity index (χ1) is 9.24. The second-order valence-electron chi connectivity index (χ2n) is 3.98. The lowest BCUT2D eigenvalue weighted by atomic mass is 10.2. The van der Waals surface area contributed by atoms with Crippen molar-refractivity contribution in [3.8, 4) is 10.4 Å². The molecule has 0 aliphatic heterocycles. The number of thiophene rings is 1. The van der Waals surface area contributed by atoms with E-state index in [0.717, 1.165) is 10.4 Å². The molecule has 0 N–H and O–H groups in total. The second-order valence-corrected chi connectivity index (χ2v) is 5.50. The number of benzene rings is 1. The summed E-state index contributed by atoms with van der Waals surface area (Å²) in [5.74, 6) is 0.278. The number of halogens is 1. The predicted molar refractivity (Wildman–Crippen MR) is 76.9 cm³/mol. The number of furan rings is 1. The van der Waals surface area contributed by atoms with Gasteiger partial charge in [0.1, 0.15) is 0 Å². The van der Waals surface area contributed by atoms with E-state index in [4.69, 9.17) is 16.0 Å². The lowest BCUT2D eigenvalue weighted by Gasteiger charge is -1.96. The summed E-state index contributed by atoms with van der Waals surface area (Å²) in [6.45, 7) is 0. The summed E-state index contributed by atoms with van der Waals surface area (Å²) in [6, 6.07) is 14.7. The van der Waals surface area contributed by atoms with E-state index in [1.54, 1.807) is 12.1 Å². The molecule has 0 saturated carbocycles. The number of carbonyl (C=O) groups excluding carboxylic acids is 1. The second kappa shape index (κ2) is 5.03. The zero-order valence-corrected chi connectivity index (χ0v) is 11.4. The molecule has 4 heteroatoms. The third-order valence-corrected chi connectivity index (χ3v) is 4.09. The maximum Gasteiger partial charge on any atom is 0.238 e. The largest absolute Gasteiger partial charge is 0.461 e. The van der Waals surface area contributed by atoms with Crippen molar-refractivity contribution in [2.75, 3.05) is 0 Å². The number of rotatable bonds is 3. The molecule has 0 aliphatic rings. The summed E-state index contributed by atoms with van der Waals surface area (Å²) in [7, 11) is 0. The zero-order chi connectivity index (χ0) is 13.2. The van der Waals surface area contributed by atoms with Gasteiger partial charge in [-0.25, -0.2) is 0 Å². The van der Waals surface area contributed by atoms with Gasteiger partial charge in [-0.2, -0.15) is 0 Å². The molecule has 0 fully saturated rings. The highest BCUT2D eigenvalue weighted by atomic mass is 35.5. The summed E-state index contributed by atoms with van der Waals surface area (Å²) in [5, 5.41) is 0.701. The van der Waals surface area contributed by atoms with Crippen molar-refractivity contribution >= 4 is 28.7 Å². The van der Waals surface area contributed by atoms with Crippen LogP contribution in [0.25, 0.3) is 10.4 Å². The van der Waals surface area contributed by atoms with Gasteiger partial charge in [-0.05, 0) is 42.0 Å². The fourth-order valence-electron chi connectivity index (χ4n) is 1.76. The lowest BCUT2D eigenvalue weighted by molar-refractivity contribution is 0.101. The van der Waals surface area contributed by atoms with Crippen LogP contribution in [-0.4, -0.2) is 5.78 Å². The van der Waals surface area contributed by atoms with Crippen molar-refractivity contribution in [2.24, 2.45) is 0 Å². The topological polar surface area (TPSA) is 30.2 Å². The van der Waals surface area contributed by atoms with Gasteiger partial charge in [0.25, 0.3) is 0 Å². The summed E-state index contributed by atoms with van der Waals surface area (Å²) >= 11 is 7.30. The highest BCUT2D eigenvalue weighted by Gasteiger charge is 2.14. The van der Waals surface area contributed by atoms with Crippen LogP contribution in [-0.2, 0) is 0 Å². The highest BCUT2D eigenvalue weighted by Crippen LogP contribution is 2.30. The van der Waals surface area contributed by atoms with Gasteiger partial charge in [-0.15, -0.1) is 11.3 Å². The molecular formula is C15H9ClO2S. The van der Waals surface area contributed by atoms with Crippen LogP contribution < -0.4 is 0 Å². The van der Waals surface area contributed by atoms with Crippen molar-refractivity contribution in [1.82, 2.24) is 0 Å². The van der Waals surface area contributed by atoms with Crippen LogP contribution in [0.1, 0.15) is 15.4 Å². The van der Waals surface area contributed by atoms with E-state index in [2.05, 4.69) is 0 Å². The summed E-state index contributed by atoms with van der Waals surface area (Å²) in [5.41, 5.74) is 1.05. The maximum absolute atomic E-state index is 12.1. The lowest BCUT2D eigenvalue weighted by Crippen LogP contribution is -1.95. The van der Waals surface area contributed by atoms with Crippen LogP contribution in [0.3, 0.4) is 0 Å². The number of hydrogen-bond acceptors (Lipinski definition) is 3. The summed E-state index contributed by atoms with van der Waals surface area (Å²) in [6.07, 6.45) is 1.50.